The average Bonchev–Trinajstić information content (AvgIpc) is 2.72. The van der Waals surface area contributed by atoms with E-state index in [0.717, 1.165) is 23.3 Å². The summed E-state index contributed by atoms with van der Waals surface area (Å²) in [4.78, 5) is 25.2. The number of aryl methyl sites for hydroxylation is 2. The van der Waals surface area contributed by atoms with Gasteiger partial charge in [0.1, 0.15) is 5.75 Å². The van der Waals surface area contributed by atoms with Crippen molar-refractivity contribution in [3.8, 4) is 5.75 Å². The minimum absolute atomic E-state index is 0.127. The maximum Gasteiger partial charge on any atom is 0.253 e. The quantitative estimate of drug-likeness (QED) is 0.427. The second-order valence-corrected chi connectivity index (χ2v) is 8.10. The van der Waals surface area contributed by atoms with Gasteiger partial charge in [-0.25, -0.2) is 0 Å². The molecule has 5 heteroatoms. The smallest absolute Gasteiger partial charge is 0.253 e. The Kier molecular flexibility index (Phi) is 8.22. The van der Waals surface area contributed by atoms with Crippen molar-refractivity contribution in [2.75, 3.05) is 18.5 Å². The summed E-state index contributed by atoms with van der Waals surface area (Å²) in [6, 6.07) is 13.1. The van der Waals surface area contributed by atoms with Crippen LogP contribution in [-0.4, -0.2) is 25.0 Å². The van der Waals surface area contributed by atoms with Crippen LogP contribution in [0, 0.1) is 19.3 Å². The van der Waals surface area contributed by atoms with E-state index in [0.29, 0.717) is 30.8 Å². The molecule has 0 fully saturated rings. The largest absolute Gasteiger partial charge is 0.493 e. The topological polar surface area (TPSA) is 67.4 Å². The van der Waals surface area contributed by atoms with E-state index in [2.05, 4.69) is 23.3 Å². The average molecular weight is 409 g/mol. The zero-order valence-electron chi connectivity index (χ0n) is 18.4. The Balaban J connectivity index is 1.93. The van der Waals surface area contributed by atoms with E-state index >= 15 is 0 Å². The number of rotatable bonds is 10. The standard InChI is InChI=1S/C25H32N2O3/c1-6-15-26-23(28)20-10-7-8-11-21(20)27-24(29)25(4,5)14-9-16-30-22-17-18(2)12-13-19(22)3/h6-8,10-13,17H,1,9,14-16H2,2-5H3,(H,26,28)(H,27,29). The predicted molar refractivity (Wildman–Crippen MR) is 122 cm³/mol. The van der Waals surface area contributed by atoms with Crippen LogP contribution in [0.5, 0.6) is 5.75 Å². The van der Waals surface area contributed by atoms with Gasteiger partial charge in [0.25, 0.3) is 5.91 Å². The highest BCUT2D eigenvalue weighted by atomic mass is 16.5. The molecule has 0 radical (unpaired) electrons. The number of hydrogen-bond acceptors (Lipinski definition) is 3. The van der Waals surface area contributed by atoms with Crippen molar-refractivity contribution in [3.05, 3.63) is 71.8 Å². The summed E-state index contributed by atoms with van der Waals surface area (Å²) in [5, 5.41) is 5.66. The first-order chi connectivity index (χ1) is 14.2. The highest BCUT2D eigenvalue weighted by Gasteiger charge is 2.28. The summed E-state index contributed by atoms with van der Waals surface area (Å²) in [5.41, 5.74) is 2.59. The predicted octanol–water partition coefficient (Wildman–Crippen LogP) is 5.04. The normalized spacial score (nSPS) is 10.9. The maximum atomic E-state index is 12.9. The van der Waals surface area contributed by atoms with Gasteiger partial charge >= 0.3 is 0 Å². The van der Waals surface area contributed by atoms with Crippen molar-refractivity contribution < 1.29 is 14.3 Å². The molecule has 0 bridgehead atoms. The molecule has 2 aromatic carbocycles. The number of nitrogens with one attached hydrogen (secondary N) is 2. The lowest BCUT2D eigenvalue weighted by Crippen LogP contribution is -2.32. The molecule has 0 aliphatic carbocycles. The van der Waals surface area contributed by atoms with Gasteiger partial charge in [-0.2, -0.15) is 0 Å². The van der Waals surface area contributed by atoms with Crippen LogP contribution in [-0.2, 0) is 4.79 Å². The van der Waals surface area contributed by atoms with Gasteiger partial charge in [-0.1, -0.05) is 44.2 Å². The van der Waals surface area contributed by atoms with Crippen molar-refractivity contribution in [1.29, 1.82) is 0 Å². The summed E-state index contributed by atoms with van der Waals surface area (Å²) in [6.07, 6.45) is 3.02. The molecule has 0 saturated heterocycles. The molecule has 0 aliphatic rings. The first kappa shape index (κ1) is 23.2. The summed E-state index contributed by atoms with van der Waals surface area (Å²) < 4.78 is 5.91. The molecule has 30 heavy (non-hydrogen) atoms. The van der Waals surface area contributed by atoms with E-state index in [1.807, 2.05) is 39.8 Å². The molecule has 0 saturated carbocycles. The second kappa shape index (κ2) is 10.6. The third kappa shape index (κ3) is 6.48. The van der Waals surface area contributed by atoms with Gasteiger partial charge in [-0.05, 0) is 56.0 Å². The molecule has 2 rings (SSSR count). The Labute approximate surface area is 179 Å². The van der Waals surface area contributed by atoms with Crippen LogP contribution in [0.4, 0.5) is 5.69 Å². The molecule has 2 amide bonds. The van der Waals surface area contributed by atoms with Crippen molar-refractivity contribution in [3.63, 3.8) is 0 Å². The first-order valence-corrected chi connectivity index (χ1v) is 10.2. The number of amides is 2. The summed E-state index contributed by atoms with van der Waals surface area (Å²) in [7, 11) is 0. The van der Waals surface area contributed by atoms with Crippen LogP contribution >= 0.6 is 0 Å². The van der Waals surface area contributed by atoms with Gasteiger partial charge < -0.3 is 15.4 Å². The number of hydrogen-bond donors (Lipinski definition) is 2. The molecule has 0 unspecified atom stereocenters. The van der Waals surface area contributed by atoms with Crippen molar-refractivity contribution in [1.82, 2.24) is 5.32 Å². The van der Waals surface area contributed by atoms with Crippen LogP contribution < -0.4 is 15.4 Å². The second-order valence-electron chi connectivity index (χ2n) is 8.10. The Morgan fingerprint density at radius 2 is 1.87 bits per heavy atom. The van der Waals surface area contributed by atoms with Crippen molar-refractivity contribution >= 4 is 17.5 Å². The fourth-order valence-electron chi connectivity index (χ4n) is 3.01. The van der Waals surface area contributed by atoms with Gasteiger partial charge in [0.05, 0.1) is 17.9 Å². The first-order valence-electron chi connectivity index (χ1n) is 10.2. The molecule has 0 heterocycles. The lowest BCUT2D eigenvalue weighted by atomic mass is 9.86. The maximum absolute atomic E-state index is 12.9. The lowest BCUT2D eigenvalue weighted by Gasteiger charge is -2.24. The van der Waals surface area contributed by atoms with Crippen LogP contribution in [0.1, 0.15) is 48.2 Å². The minimum Gasteiger partial charge on any atom is -0.493 e. The highest BCUT2D eigenvalue weighted by molar-refractivity contribution is 6.04. The summed E-state index contributed by atoms with van der Waals surface area (Å²) in [6.45, 7) is 12.4. The van der Waals surface area contributed by atoms with Gasteiger partial charge in [0.2, 0.25) is 5.91 Å². The molecule has 0 spiro atoms. The van der Waals surface area contributed by atoms with Crippen molar-refractivity contribution in [2.24, 2.45) is 5.41 Å². The Hall–Kier alpha value is -3.08. The zero-order chi connectivity index (χ0) is 22.1. The fourth-order valence-corrected chi connectivity index (χ4v) is 3.01. The molecule has 2 N–H and O–H groups in total. The third-order valence-electron chi connectivity index (χ3n) is 4.99. The molecule has 0 aromatic heterocycles. The van der Waals surface area contributed by atoms with Gasteiger partial charge in [-0.15, -0.1) is 6.58 Å². The number of para-hydroxylation sites is 1. The molecular formula is C25H32N2O3. The monoisotopic (exact) mass is 408 g/mol. The zero-order valence-corrected chi connectivity index (χ0v) is 18.4. The van der Waals surface area contributed by atoms with E-state index in [1.165, 1.54) is 0 Å². The number of anilines is 1. The Morgan fingerprint density at radius 3 is 2.60 bits per heavy atom. The molecule has 5 nitrogen and oxygen atoms in total. The number of carbonyl (C=O) groups excluding carboxylic acids is 2. The van der Waals surface area contributed by atoms with Crippen molar-refractivity contribution in [2.45, 2.75) is 40.5 Å². The van der Waals surface area contributed by atoms with E-state index in [-0.39, 0.29) is 11.8 Å². The van der Waals surface area contributed by atoms with Gasteiger partial charge in [0.15, 0.2) is 0 Å². The van der Waals surface area contributed by atoms with Crippen LogP contribution in [0.25, 0.3) is 0 Å². The minimum atomic E-state index is -0.601. The Morgan fingerprint density at radius 1 is 1.13 bits per heavy atom. The van der Waals surface area contributed by atoms with Gasteiger partial charge in [-0.3, -0.25) is 9.59 Å². The number of ether oxygens (including phenoxy) is 1. The van der Waals surface area contributed by atoms with E-state index in [1.54, 1.807) is 30.3 Å². The number of benzene rings is 2. The number of carbonyl (C=O) groups is 2. The highest BCUT2D eigenvalue weighted by Crippen LogP contribution is 2.27. The van der Waals surface area contributed by atoms with Crippen LogP contribution in [0.2, 0.25) is 0 Å². The van der Waals surface area contributed by atoms with E-state index < -0.39 is 5.41 Å². The summed E-state index contributed by atoms with van der Waals surface area (Å²) >= 11 is 0. The molecular weight excluding hydrogens is 376 g/mol. The molecule has 0 aliphatic heterocycles. The Bertz CT molecular complexity index is 903. The fraction of sp³-hybridized carbons (Fsp3) is 0.360. The summed E-state index contributed by atoms with van der Waals surface area (Å²) in [5.74, 6) is 0.514. The third-order valence-corrected chi connectivity index (χ3v) is 4.99. The molecule has 160 valence electrons. The lowest BCUT2D eigenvalue weighted by molar-refractivity contribution is -0.124. The van der Waals surface area contributed by atoms with Crippen LogP contribution in [0.15, 0.2) is 55.1 Å². The molecule has 0 atom stereocenters. The SMILES string of the molecule is C=CCNC(=O)c1ccccc1NC(=O)C(C)(C)CCCOc1cc(C)ccc1C. The van der Waals surface area contributed by atoms with E-state index in [4.69, 9.17) is 4.74 Å². The van der Waals surface area contributed by atoms with Crippen LogP contribution in [0.3, 0.4) is 0 Å². The molecule has 2 aromatic rings. The van der Waals surface area contributed by atoms with Gasteiger partial charge in [0, 0.05) is 12.0 Å². The van der Waals surface area contributed by atoms with E-state index in [9.17, 15) is 9.59 Å².